The molecule has 82 valence electrons. The number of esters is 1. The van der Waals surface area contributed by atoms with Crippen LogP contribution >= 0.6 is 0 Å². The van der Waals surface area contributed by atoms with Crippen LogP contribution in [0.15, 0.2) is 12.2 Å². The van der Waals surface area contributed by atoms with Crippen molar-refractivity contribution >= 4 is 5.97 Å². The third-order valence-corrected chi connectivity index (χ3v) is 1.89. The lowest BCUT2D eigenvalue weighted by Crippen LogP contribution is -2.10. The Morgan fingerprint density at radius 1 is 1.50 bits per heavy atom. The normalized spacial score (nSPS) is 12.2. The molecule has 0 aliphatic rings. The average Bonchev–Trinajstić information content (AvgIpc) is 2.12. The van der Waals surface area contributed by atoms with Gasteiger partial charge in [0.25, 0.3) is 0 Å². The van der Waals surface area contributed by atoms with Crippen LogP contribution in [0, 0.1) is 0 Å². The molecule has 0 bridgehead atoms. The quantitative estimate of drug-likeness (QED) is 0.388. The van der Waals surface area contributed by atoms with Gasteiger partial charge in [-0.25, -0.2) is 4.79 Å². The van der Waals surface area contributed by atoms with E-state index in [1.54, 1.807) is 6.92 Å². The third-order valence-electron chi connectivity index (χ3n) is 1.89. The molecule has 0 heterocycles. The molecule has 1 atom stereocenters. The SMILES string of the molecule is C=C(C)C(=O)OCCCC(O)CCC. The summed E-state index contributed by atoms with van der Waals surface area (Å²) in [5.74, 6) is -0.352. The van der Waals surface area contributed by atoms with Gasteiger partial charge in [-0.1, -0.05) is 19.9 Å². The predicted octanol–water partition coefficient (Wildman–Crippen LogP) is 2.05. The van der Waals surface area contributed by atoms with Gasteiger partial charge in [-0.15, -0.1) is 0 Å². The highest BCUT2D eigenvalue weighted by Gasteiger charge is 2.05. The Balaban J connectivity index is 3.37. The number of carbonyl (C=O) groups is 1. The lowest BCUT2D eigenvalue weighted by molar-refractivity contribution is -0.139. The molecule has 0 fully saturated rings. The Kier molecular flexibility index (Phi) is 7.11. The standard InChI is InChI=1S/C11H20O3/c1-4-6-10(12)7-5-8-14-11(13)9(2)3/h10,12H,2,4-8H2,1,3H3. The lowest BCUT2D eigenvalue weighted by Gasteiger charge is -2.08. The molecule has 0 amide bonds. The van der Waals surface area contributed by atoms with Crippen molar-refractivity contribution in [2.45, 2.75) is 45.6 Å². The van der Waals surface area contributed by atoms with E-state index in [0.29, 0.717) is 25.0 Å². The Bertz CT molecular complexity index is 187. The first-order valence-electron chi connectivity index (χ1n) is 5.08. The van der Waals surface area contributed by atoms with Crippen molar-refractivity contribution in [3.63, 3.8) is 0 Å². The minimum Gasteiger partial charge on any atom is -0.462 e. The molecule has 14 heavy (non-hydrogen) atoms. The summed E-state index contributed by atoms with van der Waals surface area (Å²) in [6.45, 7) is 7.49. The molecule has 0 aromatic rings. The molecule has 0 spiro atoms. The van der Waals surface area contributed by atoms with Gasteiger partial charge in [0.15, 0.2) is 0 Å². The van der Waals surface area contributed by atoms with E-state index < -0.39 is 0 Å². The van der Waals surface area contributed by atoms with Crippen LogP contribution in [0.4, 0.5) is 0 Å². The second-order valence-corrected chi connectivity index (χ2v) is 3.50. The van der Waals surface area contributed by atoms with Crippen molar-refractivity contribution in [1.29, 1.82) is 0 Å². The molecule has 0 aliphatic heterocycles. The predicted molar refractivity (Wildman–Crippen MR) is 55.9 cm³/mol. The van der Waals surface area contributed by atoms with Gasteiger partial charge in [-0.05, 0) is 26.2 Å². The largest absolute Gasteiger partial charge is 0.462 e. The van der Waals surface area contributed by atoms with Crippen LogP contribution in [0.1, 0.15) is 39.5 Å². The number of aliphatic hydroxyl groups excluding tert-OH is 1. The maximum absolute atomic E-state index is 10.9. The number of aliphatic hydroxyl groups is 1. The Hall–Kier alpha value is -0.830. The second kappa shape index (κ2) is 7.56. The van der Waals surface area contributed by atoms with E-state index in [2.05, 4.69) is 6.58 Å². The van der Waals surface area contributed by atoms with Gasteiger partial charge in [-0.3, -0.25) is 0 Å². The van der Waals surface area contributed by atoms with Gasteiger partial charge in [-0.2, -0.15) is 0 Å². The van der Waals surface area contributed by atoms with Gasteiger partial charge in [0.1, 0.15) is 0 Å². The van der Waals surface area contributed by atoms with E-state index in [-0.39, 0.29) is 12.1 Å². The molecule has 0 rings (SSSR count). The molecule has 0 saturated carbocycles. The monoisotopic (exact) mass is 200 g/mol. The topological polar surface area (TPSA) is 46.5 Å². The smallest absolute Gasteiger partial charge is 0.333 e. The van der Waals surface area contributed by atoms with Crippen LogP contribution < -0.4 is 0 Å². The third kappa shape index (κ3) is 6.66. The van der Waals surface area contributed by atoms with Crippen molar-refractivity contribution in [3.05, 3.63) is 12.2 Å². The second-order valence-electron chi connectivity index (χ2n) is 3.50. The highest BCUT2D eigenvalue weighted by atomic mass is 16.5. The van der Waals surface area contributed by atoms with Crippen LogP contribution in [0.2, 0.25) is 0 Å². The number of rotatable bonds is 7. The number of ether oxygens (including phenoxy) is 1. The highest BCUT2D eigenvalue weighted by Crippen LogP contribution is 2.04. The Morgan fingerprint density at radius 2 is 2.14 bits per heavy atom. The molecule has 0 aromatic carbocycles. The fourth-order valence-electron chi connectivity index (χ4n) is 1.08. The summed E-state index contributed by atoms with van der Waals surface area (Å²) in [6.07, 6.45) is 2.93. The maximum atomic E-state index is 10.9. The minimum atomic E-state index is -0.352. The van der Waals surface area contributed by atoms with Crippen molar-refractivity contribution in [1.82, 2.24) is 0 Å². The van der Waals surface area contributed by atoms with E-state index in [0.717, 1.165) is 12.8 Å². The van der Waals surface area contributed by atoms with Crippen molar-refractivity contribution in [3.8, 4) is 0 Å². The van der Waals surface area contributed by atoms with E-state index >= 15 is 0 Å². The van der Waals surface area contributed by atoms with Crippen LogP contribution in [0.25, 0.3) is 0 Å². The summed E-state index contributed by atoms with van der Waals surface area (Å²) in [6, 6.07) is 0. The van der Waals surface area contributed by atoms with Gasteiger partial charge in [0.2, 0.25) is 0 Å². The summed E-state index contributed by atoms with van der Waals surface area (Å²) < 4.78 is 4.88. The van der Waals surface area contributed by atoms with E-state index in [9.17, 15) is 9.90 Å². The minimum absolute atomic E-state index is 0.261. The van der Waals surface area contributed by atoms with Crippen LogP contribution in [-0.2, 0) is 9.53 Å². The molecular formula is C11H20O3. The van der Waals surface area contributed by atoms with Crippen molar-refractivity contribution < 1.29 is 14.6 Å². The molecule has 3 heteroatoms. The van der Waals surface area contributed by atoms with Crippen LogP contribution in [0.5, 0.6) is 0 Å². The number of hydrogen-bond acceptors (Lipinski definition) is 3. The van der Waals surface area contributed by atoms with Gasteiger partial charge < -0.3 is 9.84 Å². The molecule has 1 N–H and O–H groups in total. The molecule has 0 aromatic heterocycles. The first-order chi connectivity index (χ1) is 6.57. The zero-order valence-corrected chi connectivity index (χ0v) is 9.08. The van der Waals surface area contributed by atoms with Gasteiger partial charge >= 0.3 is 5.97 Å². The first kappa shape index (κ1) is 13.2. The van der Waals surface area contributed by atoms with Crippen LogP contribution in [-0.4, -0.2) is 23.8 Å². The molecule has 1 unspecified atom stereocenters. The van der Waals surface area contributed by atoms with E-state index in [1.165, 1.54) is 0 Å². The lowest BCUT2D eigenvalue weighted by atomic mass is 10.1. The summed E-state index contributed by atoms with van der Waals surface area (Å²) in [5.41, 5.74) is 0.416. The summed E-state index contributed by atoms with van der Waals surface area (Å²) in [7, 11) is 0. The van der Waals surface area contributed by atoms with Crippen molar-refractivity contribution in [2.75, 3.05) is 6.61 Å². The summed E-state index contributed by atoms with van der Waals surface area (Å²) in [5, 5.41) is 9.37. The fourth-order valence-corrected chi connectivity index (χ4v) is 1.08. The van der Waals surface area contributed by atoms with Gasteiger partial charge in [0, 0.05) is 5.57 Å². The Morgan fingerprint density at radius 3 is 2.64 bits per heavy atom. The summed E-state index contributed by atoms with van der Waals surface area (Å²) >= 11 is 0. The Labute approximate surface area is 85.8 Å². The van der Waals surface area contributed by atoms with Crippen LogP contribution in [0.3, 0.4) is 0 Å². The molecule has 0 aliphatic carbocycles. The number of carbonyl (C=O) groups excluding carboxylic acids is 1. The highest BCUT2D eigenvalue weighted by molar-refractivity contribution is 5.86. The average molecular weight is 200 g/mol. The van der Waals surface area contributed by atoms with Gasteiger partial charge in [0.05, 0.1) is 12.7 Å². The van der Waals surface area contributed by atoms with E-state index in [4.69, 9.17) is 4.74 Å². The number of hydrogen-bond donors (Lipinski definition) is 1. The first-order valence-corrected chi connectivity index (χ1v) is 5.08. The zero-order valence-electron chi connectivity index (χ0n) is 9.08. The molecule has 0 saturated heterocycles. The van der Waals surface area contributed by atoms with E-state index in [1.807, 2.05) is 6.92 Å². The van der Waals surface area contributed by atoms with Crippen molar-refractivity contribution in [2.24, 2.45) is 0 Å². The fraction of sp³-hybridized carbons (Fsp3) is 0.727. The zero-order chi connectivity index (χ0) is 11.0. The maximum Gasteiger partial charge on any atom is 0.333 e. The molecule has 0 radical (unpaired) electrons. The molecule has 3 nitrogen and oxygen atoms in total. The summed E-state index contributed by atoms with van der Waals surface area (Å²) in [4.78, 5) is 10.9. The molecular weight excluding hydrogens is 180 g/mol.